The Morgan fingerprint density at radius 3 is 2.50 bits per heavy atom. The van der Waals surface area contributed by atoms with Crippen molar-refractivity contribution in [2.75, 3.05) is 6.61 Å². The van der Waals surface area contributed by atoms with Gasteiger partial charge in [-0.25, -0.2) is 4.79 Å². The molecule has 0 aliphatic heterocycles. The van der Waals surface area contributed by atoms with Crippen molar-refractivity contribution in [2.45, 2.75) is 39.8 Å². The number of aryl methyl sites for hydroxylation is 2. The monoisotopic (exact) mass is 358 g/mol. The summed E-state index contributed by atoms with van der Waals surface area (Å²) in [7, 11) is 1.87. The average molecular weight is 358 g/mol. The Labute approximate surface area is 153 Å². The van der Waals surface area contributed by atoms with E-state index in [0.717, 1.165) is 22.5 Å². The first kappa shape index (κ1) is 19.5. The largest absolute Gasteiger partial charge is 0.466 e. The van der Waals surface area contributed by atoms with Crippen molar-refractivity contribution in [3.05, 3.63) is 52.8 Å². The molecule has 0 saturated carbocycles. The van der Waals surface area contributed by atoms with Gasteiger partial charge in [-0.15, -0.1) is 0 Å². The summed E-state index contributed by atoms with van der Waals surface area (Å²) in [6.07, 6.45) is 0.0796. The Bertz CT molecular complexity index is 756. The number of carbonyl (C=O) groups excluding carboxylic acids is 2. The SMILES string of the molecule is CCOC(=O)C[C@@H](NC(=O)NCc1c(C)nn(C)c1C)c1ccccc1. The molecule has 2 amide bonds. The van der Waals surface area contributed by atoms with Crippen LogP contribution in [0.4, 0.5) is 4.79 Å². The standard InChI is InChI=1S/C19H26N4O3/c1-5-26-18(24)11-17(15-9-7-6-8-10-15)21-19(25)20-12-16-13(2)22-23(4)14(16)3/h6-10,17H,5,11-12H2,1-4H3,(H2,20,21,25)/t17-/m1/s1. The lowest BCUT2D eigenvalue weighted by Crippen LogP contribution is -2.38. The van der Waals surface area contributed by atoms with Crippen LogP contribution >= 0.6 is 0 Å². The second kappa shape index (κ2) is 9.03. The van der Waals surface area contributed by atoms with Crippen molar-refractivity contribution in [3.63, 3.8) is 0 Å². The maximum absolute atomic E-state index is 12.4. The molecule has 2 aromatic rings. The lowest BCUT2D eigenvalue weighted by molar-refractivity contribution is -0.143. The van der Waals surface area contributed by atoms with Crippen molar-refractivity contribution in [1.82, 2.24) is 20.4 Å². The van der Waals surface area contributed by atoms with E-state index in [1.807, 2.05) is 51.2 Å². The molecule has 0 bridgehead atoms. The van der Waals surface area contributed by atoms with Crippen LogP contribution in [-0.4, -0.2) is 28.4 Å². The van der Waals surface area contributed by atoms with Crippen LogP contribution in [-0.2, 0) is 23.1 Å². The van der Waals surface area contributed by atoms with Gasteiger partial charge >= 0.3 is 12.0 Å². The van der Waals surface area contributed by atoms with Gasteiger partial charge in [0.2, 0.25) is 0 Å². The Morgan fingerprint density at radius 1 is 1.23 bits per heavy atom. The van der Waals surface area contributed by atoms with Crippen molar-refractivity contribution < 1.29 is 14.3 Å². The van der Waals surface area contributed by atoms with Crippen LogP contribution in [0.3, 0.4) is 0 Å². The van der Waals surface area contributed by atoms with Crippen molar-refractivity contribution >= 4 is 12.0 Å². The molecule has 2 N–H and O–H groups in total. The Morgan fingerprint density at radius 2 is 1.92 bits per heavy atom. The van der Waals surface area contributed by atoms with Crippen molar-refractivity contribution in [2.24, 2.45) is 7.05 Å². The van der Waals surface area contributed by atoms with Crippen molar-refractivity contribution in [1.29, 1.82) is 0 Å². The fourth-order valence-electron chi connectivity index (χ4n) is 2.78. The summed E-state index contributed by atoms with van der Waals surface area (Å²) in [4.78, 5) is 24.2. The number of ether oxygens (including phenoxy) is 1. The molecule has 1 aromatic heterocycles. The first-order chi connectivity index (χ1) is 12.4. The predicted octanol–water partition coefficient (Wildman–Crippen LogP) is 2.53. The number of nitrogens with zero attached hydrogens (tertiary/aromatic N) is 2. The smallest absolute Gasteiger partial charge is 0.315 e. The van der Waals surface area contributed by atoms with Gasteiger partial charge in [-0.1, -0.05) is 30.3 Å². The zero-order valence-electron chi connectivity index (χ0n) is 15.7. The van der Waals surface area contributed by atoms with E-state index in [-0.39, 0.29) is 18.4 Å². The summed E-state index contributed by atoms with van der Waals surface area (Å²) >= 11 is 0. The molecule has 2 rings (SSSR count). The summed E-state index contributed by atoms with van der Waals surface area (Å²) in [5.41, 5.74) is 3.74. The second-order valence-electron chi connectivity index (χ2n) is 6.07. The van der Waals surface area contributed by atoms with Gasteiger partial charge in [-0.05, 0) is 26.3 Å². The summed E-state index contributed by atoms with van der Waals surface area (Å²) in [5.74, 6) is -0.347. The highest BCUT2D eigenvalue weighted by Gasteiger charge is 2.19. The van der Waals surface area contributed by atoms with E-state index in [1.165, 1.54) is 0 Å². The quantitative estimate of drug-likeness (QED) is 0.745. The first-order valence-electron chi connectivity index (χ1n) is 8.66. The first-order valence-corrected chi connectivity index (χ1v) is 8.66. The highest BCUT2D eigenvalue weighted by atomic mass is 16.5. The minimum absolute atomic E-state index is 0.0796. The van der Waals surface area contributed by atoms with E-state index in [4.69, 9.17) is 4.74 Å². The molecule has 7 heteroatoms. The maximum Gasteiger partial charge on any atom is 0.315 e. The lowest BCUT2D eigenvalue weighted by Gasteiger charge is -2.19. The van der Waals surface area contributed by atoms with Crippen LogP contribution in [0, 0.1) is 13.8 Å². The third-order valence-corrected chi connectivity index (χ3v) is 4.27. The molecule has 0 saturated heterocycles. The Balaban J connectivity index is 2.02. The van der Waals surface area contributed by atoms with Gasteiger partial charge in [-0.2, -0.15) is 5.10 Å². The highest BCUT2D eigenvalue weighted by Crippen LogP contribution is 2.17. The zero-order valence-corrected chi connectivity index (χ0v) is 15.7. The van der Waals surface area contributed by atoms with E-state index in [0.29, 0.717) is 13.2 Å². The zero-order chi connectivity index (χ0) is 19.1. The Kier molecular flexibility index (Phi) is 6.77. The minimum atomic E-state index is -0.452. The van der Waals surface area contributed by atoms with Crippen LogP contribution < -0.4 is 10.6 Å². The number of benzene rings is 1. The summed E-state index contributed by atoms with van der Waals surface area (Å²) < 4.78 is 6.81. The molecule has 0 aliphatic rings. The van der Waals surface area contributed by atoms with Gasteiger partial charge in [0.25, 0.3) is 0 Å². The third-order valence-electron chi connectivity index (χ3n) is 4.27. The summed E-state index contributed by atoms with van der Waals surface area (Å²) in [6.45, 7) is 6.32. The van der Waals surface area contributed by atoms with Gasteiger partial charge in [0, 0.05) is 24.8 Å². The number of urea groups is 1. The van der Waals surface area contributed by atoms with Crippen LogP contribution in [0.25, 0.3) is 0 Å². The molecule has 7 nitrogen and oxygen atoms in total. The fourth-order valence-corrected chi connectivity index (χ4v) is 2.78. The van der Waals surface area contributed by atoms with Gasteiger partial charge in [0.05, 0.1) is 24.8 Å². The number of amides is 2. The Hall–Kier alpha value is -2.83. The molecule has 0 radical (unpaired) electrons. The van der Waals surface area contributed by atoms with E-state index in [1.54, 1.807) is 11.6 Å². The number of rotatable bonds is 7. The maximum atomic E-state index is 12.4. The van der Waals surface area contributed by atoms with E-state index in [2.05, 4.69) is 15.7 Å². The predicted molar refractivity (Wildman–Crippen MR) is 98.5 cm³/mol. The summed E-state index contributed by atoms with van der Waals surface area (Å²) in [5, 5.41) is 10.0. The lowest BCUT2D eigenvalue weighted by atomic mass is 10.0. The molecular formula is C19H26N4O3. The van der Waals surface area contributed by atoms with Crippen LogP contribution in [0.15, 0.2) is 30.3 Å². The van der Waals surface area contributed by atoms with Gasteiger partial charge in [-0.3, -0.25) is 9.48 Å². The molecule has 140 valence electrons. The second-order valence-corrected chi connectivity index (χ2v) is 6.07. The van der Waals surface area contributed by atoms with E-state index < -0.39 is 6.04 Å². The molecule has 0 fully saturated rings. The molecule has 0 spiro atoms. The topological polar surface area (TPSA) is 85.2 Å². The molecule has 1 atom stereocenters. The highest BCUT2D eigenvalue weighted by molar-refractivity contribution is 5.76. The molecule has 0 unspecified atom stereocenters. The molecule has 26 heavy (non-hydrogen) atoms. The third kappa shape index (κ3) is 5.08. The van der Waals surface area contributed by atoms with Gasteiger partial charge in [0.15, 0.2) is 0 Å². The van der Waals surface area contributed by atoms with Crippen LogP contribution in [0.1, 0.15) is 41.9 Å². The number of hydrogen-bond donors (Lipinski definition) is 2. The molecule has 0 aliphatic carbocycles. The number of nitrogens with one attached hydrogen (secondary N) is 2. The normalized spacial score (nSPS) is 11.7. The molecular weight excluding hydrogens is 332 g/mol. The van der Waals surface area contributed by atoms with E-state index in [9.17, 15) is 9.59 Å². The van der Waals surface area contributed by atoms with E-state index >= 15 is 0 Å². The van der Waals surface area contributed by atoms with Crippen LogP contribution in [0.2, 0.25) is 0 Å². The molecule has 1 aromatic carbocycles. The number of carbonyl (C=O) groups is 2. The number of hydrogen-bond acceptors (Lipinski definition) is 4. The fraction of sp³-hybridized carbons (Fsp3) is 0.421. The van der Waals surface area contributed by atoms with Crippen molar-refractivity contribution in [3.8, 4) is 0 Å². The number of aromatic nitrogens is 2. The summed E-state index contributed by atoms with van der Waals surface area (Å²) in [6, 6.07) is 8.58. The van der Waals surface area contributed by atoms with Gasteiger partial charge in [0.1, 0.15) is 0 Å². The molecule has 1 heterocycles. The van der Waals surface area contributed by atoms with Crippen LogP contribution in [0.5, 0.6) is 0 Å². The van der Waals surface area contributed by atoms with Gasteiger partial charge < -0.3 is 15.4 Å². The average Bonchev–Trinajstić information content (AvgIpc) is 2.85. The minimum Gasteiger partial charge on any atom is -0.466 e. The number of esters is 1.